The molecule has 1 aliphatic heterocycles. The van der Waals surface area contributed by atoms with Crippen LogP contribution in [0.25, 0.3) is 0 Å². The molecule has 1 rings (SSSR count). The number of ether oxygens (including phenoxy) is 2. The maximum atomic E-state index is 10.3. The van der Waals surface area contributed by atoms with Crippen molar-refractivity contribution in [1.29, 1.82) is 0 Å². The first-order valence-electron chi connectivity index (χ1n) is 2.89. The minimum Gasteiger partial charge on any atom is -0.418 e. The smallest absolute Gasteiger partial charge is 0.409 e. The van der Waals surface area contributed by atoms with Crippen LogP contribution in [0.15, 0.2) is 0 Å². The van der Waals surface area contributed by atoms with Gasteiger partial charge in [0.25, 0.3) is 0 Å². The van der Waals surface area contributed by atoms with Crippen LogP contribution in [0.1, 0.15) is 6.92 Å². The lowest BCUT2D eigenvalue weighted by molar-refractivity contribution is -0.0702. The molecule has 0 aromatic heterocycles. The zero-order chi connectivity index (χ0) is 6.69. The summed E-state index contributed by atoms with van der Waals surface area (Å²) in [6.07, 6.45) is -0.768. The van der Waals surface area contributed by atoms with Gasteiger partial charge in [0.15, 0.2) is 0 Å². The van der Waals surface area contributed by atoms with Gasteiger partial charge in [-0.1, -0.05) is 0 Å². The average molecular weight is 131 g/mol. The quantitative estimate of drug-likeness (QED) is 0.577. The van der Waals surface area contributed by atoms with Gasteiger partial charge < -0.3 is 14.8 Å². The van der Waals surface area contributed by atoms with E-state index >= 15 is 0 Å². The summed E-state index contributed by atoms with van der Waals surface area (Å²) in [5.74, 6) is 0. The lowest BCUT2D eigenvalue weighted by Gasteiger charge is -2.04. The SMILES string of the molecule is CCOC1CNC(=O)O1. The minimum absolute atomic E-state index is 0.373. The molecule has 0 aromatic rings. The maximum Gasteiger partial charge on any atom is 0.409 e. The summed E-state index contributed by atoms with van der Waals surface area (Å²) in [5.41, 5.74) is 0. The number of rotatable bonds is 2. The van der Waals surface area contributed by atoms with E-state index in [1.807, 2.05) is 6.92 Å². The minimum atomic E-state index is -0.395. The Bertz CT molecular complexity index is 115. The maximum absolute atomic E-state index is 10.3. The van der Waals surface area contributed by atoms with Crippen LogP contribution in [0.2, 0.25) is 0 Å². The van der Waals surface area contributed by atoms with Crippen LogP contribution in [-0.2, 0) is 9.47 Å². The van der Waals surface area contributed by atoms with Gasteiger partial charge in [-0.25, -0.2) is 4.79 Å². The van der Waals surface area contributed by atoms with Crippen LogP contribution in [0.5, 0.6) is 0 Å². The summed E-state index contributed by atoms with van der Waals surface area (Å²) in [6.45, 7) is 2.89. The average Bonchev–Trinajstić information content (AvgIpc) is 2.17. The van der Waals surface area contributed by atoms with E-state index in [1.165, 1.54) is 0 Å². The van der Waals surface area contributed by atoms with Crippen LogP contribution in [0.4, 0.5) is 4.79 Å². The van der Waals surface area contributed by atoms with Crippen molar-refractivity contribution < 1.29 is 14.3 Å². The number of carbonyl (C=O) groups excluding carboxylic acids is 1. The molecule has 0 aromatic carbocycles. The second-order valence-corrected chi connectivity index (χ2v) is 1.67. The highest BCUT2D eigenvalue weighted by Crippen LogP contribution is 1.99. The Morgan fingerprint density at radius 3 is 3.22 bits per heavy atom. The van der Waals surface area contributed by atoms with E-state index in [-0.39, 0.29) is 6.29 Å². The summed E-state index contributed by atoms with van der Waals surface area (Å²) in [4.78, 5) is 10.3. The summed E-state index contributed by atoms with van der Waals surface area (Å²) in [5, 5.41) is 2.47. The van der Waals surface area contributed by atoms with Crippen molar-refractivity contribution in [3.8, 4) is 0 Å². The van der Waals surface area contributed by atoms with Crippen molar-refractivity contribution in [1.82, 2.24) is 5.32 Å². The van der Waals surface area contributed by atoms with Gasteiger partial charge in [-0.2, -0.15) is 0 Å². The third-order valence-corrected chi connectivity index (χ3v) is 1.00. The van der Waals surface area contributed by atoms with Crippen molar-refractivity contribution >= 4 is 6.09 Å². The Kier molecular flexibility index (Phi) is 1.89. The normalized spacial score (nSPS) is 25.4. The van der Waals surface area contributed by atoms with Crippen molar-refractivity contribution in [2.75, 3.05) is 13.2 Å². The summed E-state index contributed by atoms with van der Waals surface area (Å²) < 4.78 is 9.60. The molecular weight excluding hydrogens is 122 g/mol. The zero-order valence-corrected chi connectivity index (χ0v) is 5.22. The van der Waals surface area contributed by atoms with Crippen molar-refractivity contribution in [2.45, 2.75) is 13.2 Å². The molecule has 1 aliphatic rings. The number of cyclic esters (lactones) is 1. The highest BCUT2D eigenvalue weighted by molar-refractivity contribution is 5.69. The van der Waals surface area contributed by atoms with Crippen LogP contribution in [0, 0.1) is 0 Å². The van der Waals surface area contributed by atoms with Gasteiger partial charge in [0, 0.05) is 6.61 Å². The number of nitrogens with one attached hydrogen (secondary N) is 1. The first kappa shape index (κ1) is 6.35. The molecule has 1 fully saturated rings. The van der Waals surface area contributed by atoms with Crippen molar-refractivity contribution in [3.63, 3.8) is 0 Å². The lowest BCUT2D eigenvalue weighted by Crippen LogP contribution is -2.17. The fraction of sp³-hybridized carbons (Fsp3) is 0.800. The molecule has 1 amide bonds. The second-order valence-electron chi connectivity index (χ2n) is 1.67. The van der Waals surface area contributed by atoms with Crippen molar-refractivity contribution in [3.05, 3.63) is 0 Å². The van der Waals surface area contributed by atoms with E-state index in [0.717, 1.165) is 0 Å². The molecule has 4 heteroatoms. The molecule has 4 nitrogen and oxygen atoms in total. The third-order valence-electron chi connectivity index (χ3n) is 1.00. The van der Waals surface area contributed by atoms with E-state index in [4.69, 9.17) is 4.74 Å². The first-order chi connectivity index (χ1) is 4.33. The Morgan fingerprint density at radius 2 is 2.78 bits per heavy atom. The highest BCUT2D eigenvalue weighted by Gasteiger charge is 2.21. The number of hydrogen-bond donors (Lipinski definition) is 1. The number of amides is 1. The highest BCUT2D eigenvalue weighted by atomic mass is 16.7. The molecule has 1 saturated heterocycles. The topological polar surface area (TPSA) is 47.6 Å². The van der Waals surface area contributed by atoms with Gasteiger partial charge >= 0.3 is 6.09 Å². The van der Waals surface area contributed by atoms with Gasteiger partial charge in [0.1, 0.15) is 0 Å². The van der Waals surface area contributed by atoms with Crippen LogP contribution in [-0.4, -0.2) is 25.5 Å². The third kappa shape index (κ3) is 1.57. The molecule has 9 heavy (non-hydrogen) atoms. The molecule has 0 spiro atoms. The Hall–Kier alpha value is -0.770. The van der Waals surface area contributed by atoms with E-state index in [0.29, 0.717) is 13.2 Å². The summed E-state index contributed by atoms with van der Waals surface area (Å²) in [6, 6.07) is 0. The fourth-order valence-electron chi connectivity index (χ4n) is 0.648. The lowest BCUT2D eigenvalue weighted by atomic mass is 10.6. The molecular formula is C5H9NO3. The first-order valence-corrected chi connectivity index (χ1v) is 2.89. The number of carbonyl (C=O) groups is 1. The monoisotopic (exact) mass is 131 g/mol. The fourth-order valence-corrected chi connectivity index (χ4v) is 0.648. The van der Waals surface area contributed by atoms with E-state index in [1.54, 1.807) is 0 Å². The summed E-state index contributed by atoms with van der Waals surface area (Å²) in [7, 11) is 0. The predicted molar refractivity (Wildman–Crippen MR) is 29.9 cm³/mol. The Labute approximate surface area is 53.1 Å². The molecule has 1 heterocycles. The Balaban J connectivity index is 2.22. The standard InChI is InChI=1S/C5H9NO3/c1-2-8-4-3-6-5(7)9-4/h4H,2-3H2,1H3,(H,6,7). The summed E-state index contributed by atoms with van der Waals surface area (Å²) >= 11 is 0. The molecule has 0 bridgehead atoms. The van der Waals surface area contributed by atoms with Gasteiger partial charge in [-0.15, -0.1) is 0 Å². The predicted octanol–water partition coefficient (Wildman–Crippen LogP) is 0.0888. The van der Waals surface area contributed by atoms with Crippen molar-refractivity contribution in [2.24, 2.45) is 0 Å². The van der Waals surface area contributed by atoms with Gasteiger partial charge in [-0.05, 0) is 6.92 Å². The van der Waals surface area contributed by atoms with Gasteiger partial charge in [-0.3, -0.25) is 0 Å². The number of alkyl carbamates (subject to hydrolysis) is 1. The van der Waals surface area contributed by atoms with Gasteiger partial charge in [0.05, 0.1) is 6.54 Å². The molecule has 52 valence electrons. The molecule has 1 unspecified atom stereocenters. The second kappa shape index (κ2) is 2.68. The molecule has 0 aliphatic carbocycles. The largest absolute Gasteiger partial charge is 0.418 e. The zero-order valence-electron chi connectivity index (χ0n) is 5.22. The molecule has 0 radical (unpaired) electrons. The van der Waals surface area contributed by atoms with E-state index < -0.39 is 6.09 Å². The van der Waals surface area contributed by atoms with Crippen LogP contribution >= 0.6 is 0 Å². The Morgan fingerprint density at radius 1 is 2.00 bits per heavy atom. The molecule has 1 N–H and O–H groups in total. The molecule has 0 saturated carbocycles. The number of hydrogen-bond acceptors (Lipinski definition) is 3. The van der Waals surface area contributed by atoms with Crippen LogP contribution < -0.4 is 5.32 Å². The van der Waals surface area contributed by atoms with Gasteiger partial charge in [0.2, 0.25) is 6.29 Å². The van der Waals surface area contributed by atoms with E-state index in [2.05, 4.69) is 10.1 Å². The van der Waals surface area contributed by atoms with Crippen LogP contribution in [0.3, 0.4) is 0 Å². The molecule has 1 atom stereocenters. The van der Waals surface area contributed by atoms with E-state index in [9.17, 15) is 4.79 Å².